The number of benzene rings is 4. The predicted molar refractivity (Wildman–Crippen MR) is 137 cm³/mol. The third kappa shape index (κ3) is 7.65. The summed E-state index contributed by atoms with van der Waals surface area (Å²) in [6, 6.07) is 19.6. The summed E-state index contributed by atoms with van der Waals surface area (Å²) >= 11 is 0. The van der Waals surface area contributed by atoms with Gasteiger partial charge in [-0.15, -0.1) is 0 Å². The van der Waals surface area contributed by atoms with Crippen LogP contribution in [-0.2, 0) is 23.6 Å². The second-order valence-electron chi connectivity index (χ2n) is 8.99. The van der Waals surface area contributed by atoms with Crippen LogP contribution in [0.4, 0.5) is 26.3 Å². The van der Waals surface area contributed by atoms with Crippen LogP contribution in [-0.4, -0.2) is 23.0 Å². The normalized spacial score (nSPS) is 12.4. The molecule has 1 atom stereocenters. The molecular weight excluding hydrogens is 552 g/mol. The Morgan fingerprint density at radius 1 is 0.659 bits per heavy atom. The Bertz CT molecular complexity index is 1500. The minimum atomic E-state index is -4.46. The van der Waals surface area contributed by atoms with E-state index in [0.29, 0.717) is 22.4 Å². The molecule has 0 radical (unpaired) electrons. The van der Waals surface area contributed by atoms with E-state index in [0.717, 1.165) is 24.3 Å². The minimum absolute atomic E-state index is 0.0642. The molecule has 212 valence electrons. The highest BCUT2D eigenvalue weighted by molar-refractivity contribution is 5.97. The van der Waals surface area contributed by atoms with Crippen LogP contribution in [0.1, 0.15) is 27.0 Å². The summed E-state index contributed by atoms with van der Waals surface area (Å²) in [5.74, 6) is -1.42. The Balaban J connectivity index is 1.37. The number of carbonyl (C=O) groups is 2. The highest BCUT2D eigenvalue weighted by Gasteiger charge is 2.31. The zero-order valence-electron chi connectivity index (χ0n) is 21.0. The maximum absolute atomic E-state index is 12.8. The number of carbonyl (C=O) groups excluding carboxylic acids is 1. The van der Waals surface area contributed by atoms with Crippen molar-refractivity contribution in [2.75, 3.05) is 0 Å². The number of aliphatic carboxylic acids is 1. The van der Waals surface area contributed by atoms with Crippen molar-refractivity contribution in [3.05, 3.63) is 119 Å². The van der Waals surface area contributed by atoms with Crippen molar-refractivity contribution >= 4 is 11.9 Å². The zero-order valence-corrected chi connectivity index (χ0v) is 21.0. The van der Waals surface area contributed by atoms with Crippen LogP contribution < -0.4 is 10.1 Å². The smallest absolute Gasteiger partial charge is 0.416 e. The van der Waals surface area contributed by atoms with E-state index in [1.165, 1.54) is 48.5 Å². The standard InChI is InChI=1S/C30H21F6NO4/c31-29(32,33)22-9-7-20(8-10-22)19-3-5-21(6-4-19)27(38)37-26(28(39)40)17-18-1-13-24(14-2-18)41-25-15-11-23(12-16-25)30(34,35)36/h1-16,26H,17H2,(H,37,38)(H,39,40). The number of carboxylic acid groups (broad SMARTS) is 1. The van der Waals surface area contributed by atoms with Crippen molar-refractivity contribution in [3.8, 4) is 22.6 Å². The maximum atomic E-state index is 12.8. The van der Waals surface area contributed by atoms with Gasteiger partial charge < -0.3 is 15.2 Å². The molecule has 0 aliphatic carbocycles. The summed E-state index contributed by atoms with van der Waals surface area (Å²) < 4.78 is 82.0. The van der Waals surface area contributed by atoms with Crippen LogP contribution in [0.5, 0.6) is 11.5 Å². The van der Waals surface area contributed by atoms with Crippen LogP contribution in [0.15, 0.2) is 97.1 Å². The monoisotopic (exact) mass is 573 g/mol. The lowest BCUT2D eigenvalue weighted by molar-refractivity contribution is -0.139. The lowest BCUT2D eigenvalue weighted by Crippen LogP contribution is -2.42. The lowest BCUT2D eigenvalue weighted by atomic mass is 10.0. The van der Waals surface area contributed by atoms with E-state index in [1.54, 1.807) is 24.3 Å². The molecule has 5 nitrogen and oxygen atoms in total. The zero-order chi connectivity index (χ0) is 29.8. The van der Waals surface area contributed by atoms with Crippen molar-refractivity contribution in [1.29, 1.82) is 0 Å². The van der Waals surface area contributed by atoms with Gasteiger partial charge in [0.2, 0.25) is 0 Å². The minimum Gasteiger partial charge on any atom is -0.480 e. The Labute approximate surface area is 230 Å². The van der Waals surface area contributed by atoms with Gasteiger partial charge >= 0.3 is 18.3 Å². The molecule has 4 aromatic rings. The third-order valence-corrected chi connectivity index (χ3v) is 6.08. The van der Waals surface area contributed by atoms with Gasteiger partial charge in [-0.3, -0.25) is 4.79 Å². The molecular formula is C30H21F6NO4. The van der Waals surface area contributed by atoms with Crippen LogP contribution in [0.25, 0.3) is 11.1 Å². The Hall–Kier alpha value is -4.80. The molecule has 4 aromatic carbocycles. The van der Waals surface area contributed by atoms with Gasteiger partial charge in [-0.2, -0.15) is 26.3 Å². The summed E-state index contributed by atoms with van der Waals surface area (Å²) in [6.45, 7) is 0. The molecule has 0 aromatic heterocycles. The summed E-state index contributed by atoms with van der Waals surface area (Å²) in [6.07, 6.45) is -8.98. The fourth-order valence-electron chi connectivity index (χ4n) is 3.88. The van der Waals surface area contributed by atoms with E-state index in [9.17, 15) is 41.0 Å². The molecule has 0 saturated heterocycles. The predicted octanol–water partition coefficient (Wildman–Crippen LogP) is 7.61. The molecule has 2 N–H and O–H groups in total. The molecule has 1 unspecified atom stereocenters. The number of rotatable bonds is 8. The molecule has 4 rings (SSSR count). The molecule has 0 aliphatic rings. The van der Waals surface area contributed by atoms with Gasteiger partial charge in [-0.05, 0) is 77.4 Å². The van der Waals surface area contributed by atoms with Crippen LogP contribution in [0.2, 0.25) is 0 Å². The highest BCUT2D eigenvalue weighted by Crippen LogP contribution is 2.32. The topological polar surface area (TPSA) is 75.6 Å². The third-order valence-electron chi connectivity index (χ3n) is 6.08. The SMILES string of the molecule is O=C(NC(Cc1ccc(Oc2ccc(C(F)(F)F)cc2)cc1)C(=O)O)c1ccc(-c2ccc(C(F)(F)F)cc2)cc1. The van der Waals surface area contributed by atoms with E-state index >= 15 is 0 Å². The number of amides is 1. The fourth-order valence-corrected chi connectivity index (χ4v) is 3.88. The van der Waals surface area contributed by atoms with Gasteiger partial charge in [0.25, 0.3) is 5.91 Å². The number of hydrogen-bond donors (Lipinski definition) is 2. The van der Waals surface area contributed by atoms with Crippen molar-refractivity contribution < 1.29 is 45.8 Å². The number of nitrogens with one attached hydrogen (secondary N) is 1. The first-order valence-electron chi connectivity index (χ1n) is 12.0. The molecule has 0 saturated carbocycles. The van der Waals surface area contributed by atoms with Crippen molar-refractivity contribution in [2.24, 2.45) is 0 Å². The van der Waals surface area contributed by atoms with Crippen LogP contribution in [0.3, 0.4) is 0 Å². The molecule has 0 heterocycles. The summed E-state index contributed by atoms with van der Waals surface area (Å²) in [4.78, 5) is 24.5. The number of carboxylic acids is 1. The summed E-state index contributed by atoms with van der Waals surface area (Å²) in [5, 5.41) is 12.1. The quantitative estimate of drug-likeness (QED) is 0.213. The molecule has 0 aliphatic heterocycles. The number of alkyl halides is 6. The molecule has 1 amide bonds. The largest absolute Gasteiger partial charge is 0.480 e. The van der Waals surface area contributed by atoms with E-state index in [-0.39, 0.29) is 17.7 Å². The number of halogens is 6. The average molecular weight is 573 g/mol. The van der Waals surface area contributed by atoms with Gasteiger partial charge in [0, 0.05) is 12.0 Å². The first-order chi connectivity index (χ1) is 19.3. The molecule has 41 heavy (non-hydrogen) atoms. The van der Waals surface area contributed by atoms with Gasteiger partial charge in [-0.25, -0.2) is 4.79 Å². The van der Waals surface area contributed by atoms with E-state index in [1.807, 2.05) is 0 Å². The van der Waals surface area contributed by atoms with E-state index < -0.39 is 41.4 Å². The summed E-state index contributed by atoms with van der Waals surface area (Å²) in [7, 11) is 0. The van der Waals surface area contributed by atoms with Gasteiger partial charge in [-0.1, -0.05) is 36.4 Å². The van der Waals surface area contributed by atoms with Crippen LogP contribution >= 0.6 is 0 Å². The van der Waals surface area contributed by atoms with E-state index in [2.05, 4.69) is 5.32 Å². The Morgan fingerprint density at radius 2 is 1.07 bits per heavy atom. The fraction of sp³-hybridized carbons (Fsp3) is 0.133. The van der Waals surface area contributed by atoms with Crippen molar-refractivity contribution in [2.45, 2.75) is 24.8 Å². The number of hydrogen-bond acceptors (Lipinski definition) is 3. The second kappa shape index (κ2) is 11.7. The van der Waals surface area contributed by atoms with Gasteiger partial charge in [0.15, 0.2) is 0 Å². The van der Waals surface area contributed by atoms with Crippen molar-refractivity contribution in [1.82, 2.24) is 5.32 Å². The summed E-state index contributed by atoms with van der Waals surface area (Å²) in [5.41, 5.74) is 0.209. The average Bonchev–Trinajstić information content (AvgIpc) is 2.93. The Kier molecular flexibility index (Phi) is 8.36. The molecule has 0 spiro atoms. The number of ether oxygens (including phenoxy) is 1. The maximum Gasteiger partial charge on any atom is 0.416 e. The molecule has 0 fully saturated rings. The second-order valence-corrected chi connectivity index (χ2v) is 8.99. The Morgan fingerprint density at radius 3 is 1.51 bits per heavy atom. The van der Waals surface area contributed by atoms with Crippen molar-refractivity contribution in [3.63, 3.8) is 0 Å². The first-order valence-corrected chi connectivity index (χ1v) is 12.0. The highest BCUT2D eigenvalue weighted by atomic mass is 19.4. The van der Waals surface area contributed by atoms with E-state index in [4.69, 9.17) is 4.74 Å². The molecule has 11 heteroatoms. The van der Waals surface area contributed by atoms with Gasteiger partial charge in [0.05, 0.1) is 11.1 Å². The molecule has 0 bridgehead atoms. The van der Waals surface area contributed by atoms with Gasteiger partial charge in [0.1, 0.15) is 17.5 Å². The van der Waals surface area contributed by atoms with Crippen LogP contribution in [0, 0.1) is 0 Å². The lowest BCUT2D eigenvalue weighted by Gasteiger charge is -2.15. The first kappa shape index (κ1) is 29.2.